The Bertz CT molecular complexity index is 561. The Morgan fingerprint density at radius 1 is 1.24 bits per heavy atom. The number of carbonyl (C=O) groups is 2. The van der Waals surface area contributed by atoms with Crippen LogP contribution in [0.2, 0.25) is 0 Å². The van der Waals surface area contributed by atoms with Crippen LogP contribution in [0.5, 0.6) is 0 Å². The normalized spacial score (nSPS) is 15.2. The second-order valence-electron chi connectivity index (χ2n) is 5.22. The van der Waals surface area contributed by atoms with Crippen LogP contribution < -0.4 is 5.32 Å². The molecule has 0 radical (unpaired) electrons. The molecular formula is C16H20N2O3. The Morgan fingerprint density at radius 2 is 1.95 bits per heavy atom. The molecule has 0 aliphatic carbocycles. The van der Waals surface area contributed by atoms with Crippen molar-refractivity contribution in [2.24, 2.45) is 0 Å². The topological polar surface area (TPSA) is 69.6 Å². The highest BCUT2D eigenvalue weighted by atomic mass is 16.4. The number of carboxylic acid groups (broad SMARTS) is 1. The van der Waals surface area contributed by atoms with Crippen LogP contribution >= 0.6 is 0 Å². The molecule has 0 bridgehead atoms. The molecule has 5 heteroatoms. The molecule has 1 aromatic carbocycles. The van der Waals surface area contributed by atoms with Gasteiger partial charge in [-0.1, -0.05) is 6.07 Å². The van der Waals surface area contributed by atoms with Crippen molar-refractivity contribution in [3.05, 3.63) is 35.4 Å². The Labute approximate surface area is 124 Å². The number of carboxylic acids is 1. The molecule has 5 nitrogen and oxygen atoms in total. The van der Waals surface area contributed by atoms with E-state index in [0.717, 1.165) is 48.8 Å². The average molecular weight is 288 g/mol. The molecular weight excluding hydrogens is 268 g/mol. The average Bonchev–Trinajstić information content (AvgIpc) is 2.48. The number of aliphatic carboxylic acids is 1. The van der Waals surface area contributed by atoms with E-state index in [0.29, 0.717) is 0 Å². The summed E-state index contributed by atoms with van der Waals surface area (Å²) >= 11 is 0. The number of likely N-dealkylation sites (tertiary alicyclic amines) is 1. The first-order chi connectivity index (χ1) is 10.1. The zero-order valence-corrected chi connectivity index (χ0v) is 12.1. The van der Waals surface area contributed by atoms with Crippen molar-refractivity contribution in [1.82, 2.24) is 4.90 Å². The number of rotatable bonds is 3. The number of hydrogen-bond acceptors (Lipinski definition) is 2. The molecule has 0 unspecified atom stereocenters. The number of piperidine rings is 1. The summed E-state index contributed by atoms with van der Waals surface area (Å²) in [6.07, 6.45) is 5.94. The lowest BCUT2D eigenvalue weighted by molar-refractivity contribution is -0.131. The van der Waals surface area contributed by atoms with Gasteiger partial charge in [0.15, 0.2) is 0 Å². The number of aryl methyl sites for hydroxylation is 1. The molecule has 2 N–H and O–H groups in total. The van der Waals surface area contributed by atoms with Crippen LogP contribution in [-0.2, 0) is 4.79 Å². The minimum absolute atomic E-state index is 0.0633. The van der Waals surface area contributed by atoms with Crippen molar-refractivity contribution >= 4 is 23.8 Å². The van der Waals surface area contributed by atoms with Crippen molar-refractivity contribution < 1.29 is 14.7 Å². The van der Waals surface area contributed by atoms with E-state index in [2.05, 4.69) is 5.32 Å². The van der Waals surface area contributed by atoms with Gasteiger partial charge >= 0.3 is 12.0 Å². The van der Waals surface area contributed by atoms with Gasteiger partial charge in [0.2, 0.25) is 0 Å². The predicted octanol–water partition coefficient (Wildman–Crippen LogP) is 3.11. The number of nitrogens with one attached hydrogen (secondary N) is 1. The first-order valence-electron chi connectivity index (χ1n) is 7.14. The molecule has 112 valence electrons. The third kappa shape index (κ3) is 4.34. The van der Waals surface area contributed by atoms with Gasteiger partial charge in [-0.05, 0) is 55.5 Å². The molecule has 1 aliphatic heterocycles. The molecule has 21 heavy (non-hydrogen) atoms. The summed E-state index contributed by atoms with van der Waals surface area (Å²) in [6, 6.07) is 5.38. The van der Waals surface area contributed by atoms with Gasteiger partial charge in [-0.15, -0.1) is 0 Å². The first-order valence-corrected chi connectivity index (χ1v) is 7.14. The highest BCUT2D eigenvalue weighted by Gasteiger charge is 2.16. The number of urea groups is 1. The lowest BCUT2D eigenvalue weighted by Crippen LogP contribution is -2.38. The largest absolute Gasteiger partial charge is 0.478 e. The second-order valence-corrected chi connectivity index (χ2v) is 5.22. The monoisotopic (exact) mass is 288 g/mol. The molecule has 1 heterocycles. The number of nitrogens with zero attached hydrogens (tertiary/aromatic N) is 1. The third-order valence-electron chi connectivity index (χ3n) is 3.55. The maximum atomic E-state index is 12.1. The van der Waals surface area contributed by atoms with E-state index in [4.69, 9.17) is 5.11 Å². The van der Waals surface area contributed by atoms with Crippen LogP contribution in [0, 0.1) is 6.92 Å². The summed E-state index contributed by atoms with van der Waals surface area (Å²) in [6.45, 7) is 3.51. The molecule has 0 aromatic heterocycles. The van der Waals surface area contributed by atoms with Crippen LogP contribution in [0.3, 0.4) is 0 Å². The molecule has 0 spiro atoms. The molecule has 1 aliphatic rings. The lowest BCUT2D eigenvalue weighted by atomic mass is 10.1. The number of amides is 2. The quantitative estimate of drug-likeness (QED) is 0.840. The van der Waals surface area contributed by atoms with E-state index in [9.17, 15) is 9.59 Å². The maximum absolute atomic E-state index is 12.1. The standard InChI is InChI=1S/C16H20N2O3/c1-12-11-13(6-8-15(19)20)5-7-14(12)17-16(21)18-9-3-2-4-10-18/h5-8,11H,2-4,9-10H2,1H3,(H,17,21)(H,19,20). The highest BCUT2D eigenvalue weighted by Crippen LogP contribution is 2.19. The van der Waals surface area contributed by atoms with E-state index in [-0.39, 0.29) is 6.03 Å². The molecule has 1 fully saturated rings. The smallest absolute Gasteiger partial charge is 0.328 e. The van der Waals surface area contributed by atoms with Crippen molar-refractivity contribution in [3.8, 4) is 0 Å². The molecule has 2 amide bonds. The van der Waals surface area contributed by atoms with Crippen molar-refractivity contribution in [2.45, 2.75) is 26.2 Å². The van der Waals surface area contributed by atoms with Gasteiger partial charge in [0.1, 0.15) is 0 Å². The highest BCUT2D eigenvalue weighted by molar-refractivity contribution is 5.90. The van der Waals surface area contributed by atoms with Crippen LogP contribution in [-0.4, -0.2) is 35.1 Å². The fraction of sp³-hybridized carbons (Fsp3) is 0.375. The zero-order chi connectivity index (χ0) is 15.2. The Kier molecular flexibility index (Phi) is 4.98. The van der Waals surface area contributed by atoms with Crippen LogP contribution in [0.1, 0.15) is 30.4 Å². The van der Waals surface area contributed by atoms with Gasteiger partial charge in [0.25, 0.3) is 0 Å². The summed E-state index contributed by atoms with van der Waals surface area (Å²) in [7, 11) is 0. The fourth-order valence-electron chi connectivity index (χ4n) is 2.39. The van der Waals surface area contributed by atoms with Gasteiger partial charge < -0.3 is 15.3 Å². The lowest BCUT2D eigenvalue weighted by Gasteiger charge is -2.27. The van der Waals surface area contributed by atoms with Gasteiger partial charge in [0, 0.05) is 24.9 Å². The van der Waals surface area contributed by atoms with E-state index in [1.165, 1.54) is 12.5 Å². The Balaban J connectivity index is 2.03. The SMILES string of the molecule is Cc1cc(C=CC(=O)O)ccc1NC(=O)N1CCCCC1. The summed E-state index contributed by atoms with van der Waals surface area (Å²) in [4.78, 5) is 24.5. The minimum atomic E-state index is -0.977. The Hall–Kier alpha value is -2.30. The van der Waals surface area contributed by atoms with E-state index >= 15 is 0 Å². The summed E-state index contributed by atoms with van der Waals surface area (Å²) in [5, 5.41) is 11.5. The Morgan fingerprint density at radius 3 is 2.57 bits per heavy atom. The number of hydrogen-bond donors (Lipinski definition) is 2. The zero-order valence-electron chi connectivity index (χ0n) is 12.1. The number of benzene rings is 1. The van der Waals surface area contributed by atoms with Crippen LogP contribution in [0.15, 0.2) is 24.3 Å². The van der Waals surface area contributed by atoms with Gasteiger partial charge in [0.05, 0.1) is 0 Å². The third-order valence-corrected chi connectivity index (χ3v) is 3.55. The summed E-state index contributed by atoms with van der Waals surface area (Å²) in [5.41, 5.74) is 2.47. The minimum Gasteiger partial charge on any atom is -0.478 e. The molecule has 1 saturated heterocycles. The van der Waals surface area contributed by atoms with Gasteiger partial charge in [-0.25, -0.2) is 9.59 Å². The maximum Gasteiger partial charge on any atom is 0.328 e. The van der Waals surface area contributed by atoms with E-state index < -0.39 is 5.97 Å². The molecule has 0 atom stereocenters. The second kappa shape index (κ2) is 6.92. The summed E-state index contributed by atoms with van der Waals surface area (Å²) in [5.74, 6) is -0.977. The van der Waals surface area contributed by atoms with Gasteiger partial charge in [-0.3, -0.25) is 0 Å². The number of carbonyl (C=O) groups excluding carboxylic acids is 1. The molecule has 1 aromatic rings. The predicted molar refractivity (Wildman–Crippen MR) is 82.3 cm³/mol. The fourth-order valence-corrected chi connectivity index (χ4v) is 2.39. The molecule has 2 rings (SSSR count). The van der Waals surface area contributed by atoms with E-state index in [1.54, 1.807) is 12.1 Å². The van der Waals surface area contributed by atoms with Crippen molar-refractivity contribution in [2.75, 3.05) is 18.4 Å². The van der Waals surface area contributed by atoms with Gasteiger partial charge in [-0.2, -0.15) is 0 Å². The summed E-state index contributed by atoms with van der Waals surface area (Å²) < 4.78 is 0. The molecule has 0 saturated carbocycles. The first kappa shape index (κ1) is 15.1. The van der Waals surface area contributed by atoms with Crippen molar-refractivity contribution in [1.29, 1.82) is 0 Å². The number of anilines is 1. The van der Waals surface area contributed by atoms with E-state index in [1.807, 2.05) is 17.9 Å². The van der Waals surface area contributed by atoms with Crippen molar-refractivity contribution in [3.63, 3.8) is 0 Å². The van der Waals surface area contributed by atoms with Crippen LogP contribution in [0.4, 0.5) is 10.5 Å². The van der Waals surface area contributed by atoms with Crippen LogP contribution in [0.25, 0.3) is 6.08 Å².